The highest BCUT2D eigenvalue weighted by atomic mass is 35.5. The molecule has 1 fully saturated rings. The Balaban J connectivity index is 1.19. The van der Waals surface area contributed by atoms with Gasteiger partial charge in [-0.3, -0.25) is 14.7 Å². The number of rotatable bonds is 6. The minimum Gasteiger partial charge on any atom is -0.444 e. The molecular formula is C34H36ClN7O3S. The van der Waals surface area contributed by atoms with E-state index in [4.69, 9.17) is 27.1 Å². The van der Waals surface area contributed by atoms with Crippen molar-refractivity contribution in [1.29, 1.82) is 0 Å². The third-order valence-corrected chi connectivity index (χ3v) is 9.36. The molecule has 0 atom stereocenters. The lowest BCUT2D eigenvalue weighted by atomic mass is 9.99. The molecule has 3 N–H and O–H groups in total. The van der Waals surface area contributed by atoms with Crippen LogP contribution in [0.2, 0.25) is 5.02 Å². The Bertz CT molecular complexity index is 1950. The second-order valence-electron chi connectivity index (χ2n) is 12.5. The lowest BCUT2D eigenvalue weighted by Crippen LogP contribution is -2.49. The van der Waals surface area contributed by atoms with Crippen LogP contribution in [0.25, 0.3) is 21.0 Å². The first-order chi connectivity index (χ1) is 22.0. The monoisotopic (exact) mass is 657 g/mol. The number of carbonyl (C=O) groups excluding carboxylic acids is 2. The van der Waals surface area contributed by atoms with Crippen LogP contribution >= 0.6 is 22.9 Å². The SMILES string of the molecule is Cc1ccc2c(Cc3ccc(Cl)c(CN4CCN(C(=O)OC(C)(C)C)CC4)c3)nccc2c1NC(=O)c1csc2c(N)ncnc12. The number of aryl methyl sites for hydroxylation is 1. The first kappa shape index (κ1) is 31.7. The van der Waals surface area contributed by atoms with Gasteiger partial charge in [0.25, 0.3) is 5.91 Å². The van der Waals surface area contributed by atoms with Crippen molar-refractivity contribution in [3.63, 3.8) is 0 Å². The molecule has 0 saturated carbocycles. The van der Waals surface area contributed by atoms with Gasteiger partial charge in [0.15, 0.2) is 0 Å². The molecule has 0 unspecified atom stereocenters. The summed E-state index contributed by atoms with van der Waals surface area (Å²) in [7, 11) is 0. The van der Waals surface area contributed by atoms with Crippen LogP contribution in [0, 0.1) is 6.92 Å². The highest BCUT2D eigenvalue weighted by Gasteiger charge is 2.26. The number of fused-ring (bicyclic) bond motifs is 2. The van der Waals surface area contributed by atoms with Crippen molar-refractivity contribution in [2.75, 3.05) is 37.2 Å². The molecule has 2 aromatic carbocycles. The summed E-state index contributed by atoms with van der Waals surface area (Å²) in [6, 6.07) is 12.1. The first-order valence-electron chi connectivity index (χ1n) is 15.1. The zero-order valence-corrected chi connectivity index (χ0v) is 27.8. The minimum atomic E-state index is -0.514. The number of piperazine rings is 1. The van der Waals surface area contributed by atoms with E-state index in [1.165, 1.54) is 17.7 Å². The Morgan fingerprint density at radius 3 is 2.59 bits per heavy atom. The van der Waals surface area contributed by atoms with Gasteiger partial charge in [0.2, 0.25) is 0 Å². The Labute approximate surface area is 276 Å². The zero-order valence-electron chi connectivity index (χ0n) is 26.3. The molecule has 4 heterocycles. The van der Waals surface area contributed by atoms with Gasteiger partial charge in [-0.25, -0.2) is 14.8 Å². The number of aromatic nitrogens is 3. The molecule has 0 bridgehead atoms. The maximum atomic E-state index is 13.4. The van der Waals surface area contributed by atoms with E-state index in [-0.39, 0.29) is 12.0 Å². The van der Waals surface area contributed by atoms with Gasteiger partial charge in [-0.05, 0) is 56.5 Å². The Kier molecular flexibility index (Phi) is 8.82. The molecule has 238 valence electrons. The quantitative estimate of drug-likeness (QED) is 0.207. The van der Waals surface area contributed by atoms with E-state index in [0.29, 0.717) is 52.7 Å². The van der Waals surface area contributed by atoms with Crippen molar-refractivity contribution in [2.24, 2.45) is 0 Å². The molecule has 3 aromatic heterocycles. The molecule has 0 aliphatic carbocycles. The minimum absolute atomic E-state index is 0.257. The molecule has 0 radical (unpaired) electrons. The van der Waals surface area contributed by atoms with Crippen LogP contribution < -0.4 is 11.1 Å². The van der Waals surface area contributed by atoms with E-state index in [1.807, 2.05) is 52.0 Å². The van der Waals surface area contributed by atoms with Crippen molar-refractivity contribution in [3.8, 4) is 0 Å². The average Bonchev–Trinajstić information content (AvgIpc) is 3.46. The van der Waals surface area contributed by atoms with Crippen LogP contribution in [-0.4, -0.2) is 68.5 Å². The van der Waals surface area contributed by atoms with E-state index >= 15 is 0 Å². The predicted octanol–water partition coefficient (Wildman–Crippen LogP) is 6.68. The van der Waals surface area contributed by atoms with Crippen LogP contribution in [0.3, 0.4) is 0 Å². The summed E-state index contributed by atoms with van der Waals surface area (Å²) in [5, 5.41) is 7.46. The molecule has 1 aliphatic heterocycles. The van der Waals surface area contributed by atoms with E-state index in [1.54, 1.807) is 16.5 Å². The van der Waals surface area contributed by atoms with Gasteiger partial charge in [-0.2, -0.15) is 0 Å². The fourth-order valence-corrected chi connectivity index (χ4v) is 6.73. The van der Waals surface area contributed by atoms with Crippen molar-refractivity contribution < 1.29 is 14.3 Å². The van der Waals surface area contributed by atoms with Crippen molar-refractivity contribution >= 4 is 67.4 Å². The van der Waals surface area contributed by atoms with Crippen LogP contribution in [0.1, 0.15) is 53.5 Å². The van der Waals surface area contributed by atoms with E-state index in [0.717, 1.165) is 51.9 Å². The van der Waals surface area contributed by atoms with Gasteiger partial charge >= 0.3 is 6.09 Å². The van der Waals surface area contributed by atoms with E-state index in [9.17, 15) is 9.59 Å². The average molecular weight is 658 g/mol. The lowest BCUT2D eigenvalue weighted by molar-refractivity contribution is 0.0139. The normalized spacial score (nSPS) is 14.2. The van der Waals surface area contributed by atoms with Gasteiger partial charge < -0.3 is 20.7 Å². The number of halogens is 1. The number of anilines is 2. The number of amides is 2. The Hall–Kier alpha value is -4.32. The van der Waals surface area contributed by atoms with Crippen LogP contribution in [0.4, 0.5) is 16.3 Å². The molecule has 0 spiro atoms. The number of nitrogen functional groups attached to an aromatic ring is 1. The number of thiophene rings is 1. The molecule has 1 saturated heterocycles. The second kappa shape index (κ2) is 12.8. The summed E-state index contributed by atoms with van der Waals surface area (Å²) in [5.41, 5.74) is 11.2. The summed E-state index contributed by atoms with van der Waals surface area (Å²) in [4.78, 5) is 43.1. The number of pyridine rings is 1. The number of ether oxygens (including phenoxy) is 1. The van der Waals surface area contributed by atoms with Crippen molar-refractivity contribution in [2.45, 2.75) is 46.3 Å². The molecular weight excluding hydrogens is 622 g/mol. The number of carbonyl (C=O) groups is 2. The highest BCUT2D eigenvalue weighted by molar-refractivity contribution is 7.18. The van der Waals surface area contributed by atoms with Gasteiger partial charge in [0, 0.05) is 66.5 Å². The van der Waals surface area contributed by atoms with Crippen molar-refractivity contribution in [3.05, 3.63) is 87.3 Å². The number of nitrogens with one attached hydrogen (secondary N) is 1. The van der Waals surface area contributed by atoms with Crippen LogP contribution in [0.15, 0.2) is 54.3 Å². The highest BCUT2D eigenvalue weighted by Crippen LogP contribution is 2.33. The molecule has 10 nitrogen and oxygen atoms in total. The van der Waals surface area contributed by atoms with Gasteiger partial charge in [0.1, 0.15) is 17.7 Å². The summed E-state index contributed by atoms with van der Waals surface area (Å²) in [6.45, 7) is 11.0. The predicted molar refractivity (Wildman–Crippen MR) is 184 cm³/mol. The zero-order chi connectivity index (χ0) is 32.6. The fraction of sp³-hybridized carbons (Fsp3) is 0.324. The smallest absolute Gasteiger partial charge is 0.410 e. The van der Waals surface area contributed by atoms with Gasteiger partial charge in [0.05, 0.1) is 27.2 Å². The van der Waals surface area contributed by atoms with Crippen molar-refractivity contribution in [1.82, 2.24) is 24.8 Å². The molecule has 1 aliphatic rings. The number of hydrogen-bond acceptors (Lipinski definition) is 9. The number of benzene rings is 2. The molecule has 46 heavy (non-hydrogen) atoms. The second-order valence-corrected chi connectivity index (χ2v) is 13.8. The molecule has 12 heteroatoms. The Morgan fingerprint density at radius 2 is 1.83 bits per heavy atom. The van der Waals surface area contributed by atoms with E-state index < -0.39 is 5.60 Å². The maximum Gasteiger partial charge on any atom is 0.410 e. The standard InChI is InChI=1S/C34H36ClN7O3S/c1-20-5-7-23-24(28(20)40-32(43)25-18-46-30-29(25)38-19-39-31(30)36)9-10-37-27(23)16-21-6-8-26(35)22(15-21)17-41-11-13-42(14-12-41)33(44)45-34(2,3)4/h5-10,15,18-19H,11-14,16-17H2,1-4H3,(H,40,43)(H2,36,38,39). The van der Waals surface area contributed by atoms with Gasteiger partial charge in [-0.1, -0.05) is 35.9 Å². The third-order valence-electron chi connectivity index (χ3n) is 8.00. The topological polar surface area (TPSA) is 127 Å². The Morgan fingerprint density at radius 1 is 1.04 bits per heavy atom. The van der Waals surface area contributed by atoms with Crippen LogP contribution in [0.5, 0.6) is 0 Å². The fourth-order valence-electron chi connectivity index (χ4n) is 5.65. The van der Waals surface area contributed by atoms with Gasteiger partial charge in [-0.15, -0.1) is 11.3 Å². The third kappa shape index (κ3) is 6.76. The number of hydrogen-bond donors (Lipinski definition) is 2. The largest absolute Gasteiger partial charge is 0.444 e. The number of nitrogens with two attached hydrogens (primary N) is 1. The lowest BCUT2D eigenvalue weighted by Gasteiger charge is -2.35. The summed E-state index contributed by atoms with van der Waals surface area (Å²) in [5.74, 6) is 0.102. The summed E-state index contributed by atoms with van der Waals surface area (Å²) in [6.07, 6.45) is 3.47. The maximum absolute atomic E-state index is 13.4. The number of nitrogens with zero attached hydrogens (tertiary/aromatic N) is 5. The molecule has 5 aromatic rings. The van der Waals surface area contributed by atoms with E-state index in [2.05, 4.69) is 32.3 Å². The summed E-state index contributed by atoms with van der Waals surface area (Å²) >= 11 is 8.01. The van der Waals surface area contributed by atoms with Crippen LogP contribution in [-0.2, 0) is 17.7 Å². The first-order valence-corrected chi connectivity index (χ1v) is 16.4. The summed E-state index contributed by atoms with van der Waals surface area (Å²) < 4.78 is 6.23. The molecule has 6 rings (SSSR count). The molecule has 2 amide bonds.